The van der Waals surface area contributed by atoms with Crippen molar-refractivity contribution < 1.29 is 8.42 Å². The van der Waals surface area contributed by atoms with Crippen molar-refractivity contribution in [3.63, 3.8) is 0 Å². The highest BCUT2D eigenvalue weighted by molar-refractivity contribution is 7.89. The Morgan fingerprint density at radius 3 is 2.55 bits per heavy atom. The molecular formula is C12H14N4O2S2. The Kier molecular flexibility index (Phi) is 4.17. The van der Waals surface area contributed by atoms with E-state index in [0.29, 0.717) is 5.56 Å². The maximum Gasteiger partial charge on any atom is 0.243 e. The van der Waals surface area contributed by atoms with Crippen molar-refractivity contribution in [2.45, 2.75) is 11.4 Å². The molecule has 6 nitrogen and oxygen atoms in total. The number of aromatic nitrogens is 2. The van der Waals surface area contributed by atoms with Gasteiger partial charge in [0, 0.05) is 30.9 Å². The molecule has 3 N–H and O–H groups in total. The Hall–Kier alpha value is -1.77. The summed E-state index contributed by atoms with van der Waals surface area (Å²) < 4.78 is 26.0. The van der Waals surface area contributed by atoms with Crippen LogP contribution < -0.4 is 5.73 Å². The van der Waals surface area contributed by atoms with Crippen molar-refractivity contribution in [3.8, 4) is 0 Å². The number of nitrogens with zero attached hydrogens (tertiary/aromatic N) is 2. The van der Waals surface area contributed by atoms with Crippen LogP contribution in [-0.2, 0) is 16.6 Å². The molecule has 0 aliphatic carbocycles. The Bertz CT molecular complexity index is 694. The SMILES string of the molecule is CN(Cc1cn[nH]c1)S(=O)(=O)c1ccc(C(N)=S)cc1. The van der Waals surface area contributed by atoms with Gasteiger partial charge in [-0.25, -0.2) is 8.42 Å². The van der Waals surface area contributed by atoms with Gasteiger partial charge in [0.05, 0.1) is 11.1 Å². The van der Waals surface area contributed by atoms with Crippen molar-refractivity contribution >= 4 is 27.2 Å². The van der Waals surface area contributed by atoms with E-state index in [1.165, 1.54) is 23.5 Å². The second-order valence-electron chi connectivity index (χ2n) is 4.26. The van der Waals surface area contributed by atoms with Crippen molar-refractivity contribution in [3.05, 3.63) is 47.8 Å². The minimum absolute atomic E-state index is 0.198. The number of nitrogens with one attached hydrogen (secondary N) is 1. The first-order valence-corrected chi connectivity index (χ1v) is 7.60. The molecule has 0 aliphatic heterocycles. The van der Waals surface area contributed by atoms with Crippen LogP contribution in [-0.4, -0.2) is 35.0 Å². The predicted octanol–water partition coefficient (Wildman–Crippen LogP) is 0.865. The minimum atomic E-state index is -3.55. The van der Waals surface area contributed by atoms with Gasteiger partial charge in [0.2, 0.25) is 10.0 Å². The molecule has 0 saturated heterocycles. The van der Waals surface area contributed by atoms with Crippen molar-refractivity contribution in [1.82, 2.24) is 14.5 Å². The van der Waals surface area contributed by atoms with E-state index in [1.54, 1.807) is 24.5 Å². The van der Waals surface area contributed by atoms with Crippen LogP contribution in [0.25, 0.3) is 0 Å². The van der Waals surface area contributed by atoms with E-state index in [-0.39, 0.29) is 16.4 Å². The molecule has 20 heavy (non-hydrogen) atoms. The van der Waals surface area contributed by atoms with Crippen molar-refractivity contribution in [1.29, 1.82) is 0 Å². The molecule has 0 fully saturated rings. The zero-order chi connectivity index (χ0) is 14.8. The number of H-pyrrole nitrogens is 1. The first-order chi connectivity index (χ1) is 9.41. The van der Waals surface area contributed by atoms with Gasteiger partial charge < -0.3 is 5.73 Å². The highest BCUT2D eigenvalue weighted by Gasteiger charge is 2.21. The third-order valence-corrected chi connectivity index (χ3v) is 4.86. The monoisotopic (exact) mass is 310 g/mol. The van der Waals surface area contributed by atoms with Crippen LogP contribution >= 0.6 is 12.2 Å². The molecular weight excluding hydrogens is 296 g/mol. The fraction of sp³-hybridized carbons (Fsp3) is 0.167. The fourth-order valence-electron chi connectivity index (χ4n) is 1.68. The lowest BCUT2D eigenvalue weighted by Crippen LogP contribution is -2.26. The number of aromatic amines is 1. The molecule has 2 aromatic rings. The Morgan fingerprint density at radius 1 is 1.40 bits per heavy atom. The number of hydrogen-bond acceptors (Lipinski definition) is 4. The van der Waals surface area contributed by atoms with Gasteiger partial charge in [0.25, 0.3) is 0 Å². The second kappa shape index (κ2) is 5.70. The molecule has 0 bridgehead atoms. The third-order valence-electron chi connectivity index (χ3n) is 2.81. The summed E-state index contributed by atoms with van der Waals surface area (Å²) >= 11 is 4.83. The van der Waals surface area contributed by atoms with E-state index in [2.05, 4.69) is 10.2 Å². The number of thiocarbonyl (C=S) groups is 1. The van der Waals surface area contributed by atoms with Crippen LogP contribution in [0, 0.1) is 0 Å². The lowest BCUT2D eigenvalue weighted by molar-refractivity contribution is 0.467. The molecule has 1 heterocycles. The summed E-state index contributed by atoms with van der Waals surface area (Å²) in [5, 5.41) is 6.43. The zero-order valence-corrected chi connectivity index (χ0v) is 12.4. The summed E-state index contributed by atoms with van der Waals surface area (Å²) in [7, 11) is -2.03. The van der Waals surface area contributed by atoms with Gasteiger partial charge in [-0.3, -0.25) is 5.10 Å². The van der Waals surface area contributed by atoms with Crippen LogP contribution in [0.5, 0.6) is 0 Å². The van der Waals surface area contributed by atoms with Crippen molar-refractivity contribution in [2.24, 2.45) is 5.73 Å². The van der Waals surface area contributed by atoms with E-state index in [1.807, 2.05) is 0 Å². The standard InChI is InChI=1S/C12H14N4O2S2/c1-16(8-9-6-14-15-7-9)20(17,18)11-4-2-10(3-5-11)12(13)19/h2-7H,8H2,1H3,(H2,13,19)(H,14,15). The van der Waals surface area contributed by atoms with Gasteiger partial charge in [-0.05, 0) is 12.1 Å². The van der Waals surface area contributed by atoms with Crippen LogP contribution in [0.2, 0.25) is 0 Å². The normalized spacial score (nSPS) is 11.7. The Morgan fingerprint density at radius 2 is 2.05 bits per heavy atom. The maximum atomic E-state index is 12.4. The average Bonchev–Trinajstić information content (AvgIpc) is 2.91. The van der Waals surface area contributed by atoms with Crippen LogP contribution in [0.3, 0.4) is 0 Å². The van der Waals surface area contributed by atoms with E-state index < -0.39 is 10.0 Å². The summed E-state index contributed by atoms with van der Waals surface area (Å²) in [6.07, 6.45) is 3.24. The smallest absolute Gasteiger partial charge is 0.243 e. The zero-order valence-electron chi connectivity index (χ0n) is 10.8. The van der Waals surface area contributed by atoms with Crippen LogP contribution in [0.1, 0.15) is 11.1 Å². The van der Waals surface area contributed by atoms with Gasteiger partial charge in [-0.15, -0.1) is 0 Å². The second-order valence-corrected chi connectivity index (χ2v) is 6.74. The number of nitrogens with two attached hydrogens (primary N) is 1. The highest BCUT2D eigenvalue weighted by Crippen LogP contribution is 2.17. The summed E-state index contributed by atoms with van der Waals surface area (Å²) in [4.78, 5) is 0.434. The molecule has 0 unspecified atom stereocenters. The predicted molar refractivity (Wildman–Crippen MR) is 79.6 cm³/mol. The number of sulfonamides is 1. The average molecular weight is 310 g/mol. The lowest BCUT2D eigenvalue weighted by Gasteiger charge is -2.16. The first kappa shape index (κ1) is 14.6. The summed E-state index contributed by atoms with van der Waals surface area (Å²) in [6, 6.07) is 6.19. The summed E-state index contributed by atoms with van der Waals surface area (Å²) in [6.45, 7) is 0.246. The topological polar surface area (TPSA) is 92.1 Å². The fourth-order valence-corrected chi connectivity index (χ4v) is 2.97. The van der Waals surface area contributed by atoms with Gasteiger partial charge >= 0.3 is 0 Å². The van der Waals surface area contributed by atoms with Crippen molar-refractivity contribution in [2.75, 3.05) is 7.05 Å². The molecule has 1 aromatic carbocycles. The lowest BCUT2D eigenvalue weighted by atomic mass is 10.2. The molecule has 2 rings (SSSR count). The molecule has 0 aliphatic rings. The highest BCUT2D eigenvalue weighted by atomic mass is 32.2. The van der Waals surface area contributed by atoms with E-state index in [9.17, 15) is 8.42 Å². The number of hydrogen-bond donors (Lipinski definition) is 2. The molecule has 106 valence electrons. The Labute approximate surface area is 122 Å². The van der Waals surface area contributed by atoms with Crippen LogP contribution in [0.15, 0.2) is 41.6 Å². The van der Waals surface area contributed by atoms with E-state index in [4.69, 9.17) is 18.0 Å². The molecule has 0 amide bonds. The molecule has 0 radical (unpaired) electrons. The van der Waals surface area contributed by atoms with E-state index in [0.717, 1.165) is 5.56 Å². The van der Waals surface area contributed by atoms with Gasteiger partial charge in [0.1, 0.15) is 4.99 Å². The van der Waals surface area contributed by atoms with Gasteiger partial charge in [0.15, 0.2) is 0 Å². The molecule has 0 saturated carbocycles. The molecule has 0 atom stereocenters. The quantitative estimate of drug-likeness (QED) is 0.799. The minimum Gasteiger partial charge on any atom is -0.389 e. The molecule has 8 heteroatoms. The van der Waals surface area contributed by atoms with Crippen LogP contribution in [0.4, 0.5) is 0 Å². The summed E-state index contributed by atoms with van der Waals surface area (Å²) in [5.41, 5.74) is 6.91. The first-order valence-electron chi connectivity index (χ1n) is 5.75. The molecule has 0 spiro atoms. The number of rotatable bonds is 5. The number of benzene rings is 1. The van der Waals surface area contributed by atoms with Gasteiger partial charge in [-0.2, -0.15) is 9.40 Å². The third kappa shape index (κ3) is 3.03. The summed E-state index contributed by atoms with van der Waals surface area (Å²) in [5.74, 6) is 0. The van der Waals surface area contributed by atoms with E-state index >= 15 is 0 Å². The van der Waals surface area contributed by atoms with Gasteiger partial charge in [-0.1, -0.05) is 24.4 Å². The molecule has 1 aromatic heterocycles. The largest absolute Gasteiger partial charge is 0.389 e. The maximum absolute atomic E-state index is 12.4. The Balaban J connectivity index is 2.23.